The van der Waals surface area contributed by atoms with E-state index < -0.39 is 5.41 Å². The zero-order valence-electron chi connectivity index (χ0n) is 10.8. The van der Waals surface area contributed by atoms with E-state index in [2.05, 4.69) is 19.9 Å². The second kappa shape index (κ2) is 4.86. The Morgan fingerprint density at radius 3 is 2.62 bits per heavy atom. The Morgan fingerprint density at radius 2 is 2.12 bits per heavy atom. The predicted molar refractivity (Wildman–Crippen MR) is 63.5 cm³/mol. The van der Waals surface area contributed by atoms with Crippen molar-refractivity contribution in [3.63, 3.8) is 0 Å². The molecule has 1 saturated heterocycles. The van der Waals surface area contributed by atoms with Gasteiger partial charge in [-0.05, 0) is 38.5 Å². The molecule has 1 amide bonds. The summed E-state index contributed by atoms with van der Waals surface area (Å²) in [4.78, 5) is 14.0. The summed E-state index contributed by atoms with van der Waals surface area (Å²) in [5.41, 5.74) is -0.876. The van der Waals surface area contributed by atoms with Crippen molar-refractivity contribution in [3.05, 3.63) is 0 Å². The lowest BCUT2D eigenvalue weighted by Gasteiger charge is -2.37. The Bertz CT molecular complexity index is 302. The van der Waals surface area contributed by atoms with Gasteiger partial charge in [0.2, 0.25) is 5.91 Å². The number of carbonyl (C=O) groups is 1. The van der Waals surface area contributed by atoms with Gasteiger partial charge in [0.1, 0.15) is 5.41 Å². The summed E-state index contributed by atoms with van der Waals surface area (Å²) in [5, 5.41) is 8.97. The molecule has 0 radical (unpaired) electrons. The molecule has 0 bridgehead atoms. The first-order valence-electron chi connectivity index (χ1n) is 6.09. The Kier molecular flexibility index (Phi) is 3.96. The molecule has 3 heteroatoms. The molecule has 1 rings (SSSR count). The van der Waals surface area contributed by atoms with E-state index in [1.165, 1.54) is 6.42 Å². The van der Waals surface area contributed by atoms with E-state index in [1.807, 2.05) is 4.90 Å². The standard InChI is InChI=1S/C13H22N2O/c1-10(2)11-6-5-7-15(8-11)12(16)13(3,4)9-14/h10-11H,5-8H2,1-4H3/t11-/m1/s1. The van der Waals surface area contributed by atoms with Gasteiger partial charge in [-0.3, -0.25) is 4.79 Å². The van der Waals surface area contributed by atoms with Gasteiger partial charge in [-0.25, -0.2) is 0 Å². The minimum atomic E-state index is -0.876. The Balaban J connectivity index is 2.68. The number of likely N-dealkylation sites (tertiary alicyclic amines) is 1. The molecular weight excluding hydrogens is 200 g/mol. The van der Waals surface area contributed by atoms with Gasteiger partial charge in [0, 0.05) is 13.1 Å². The molecule has 1 aliphatic heterocycles. The highest BCUT2D eigenvalue weighted by Crippen LogP contribution is 2.27. The maximum Gasteiger partial charge on any atom is 0.242 e. The van der Waals surface area contributed by atoms with Gasteiger partial charge in [0.05, 0.1) is 6.07 Å². The average Bonchev–Trinajstić information content (AvgIpc) is 2.28. The Morgan fingerprint density at radius 1 is 1.50 bits per heavy atom. The van der Waals surface area contributed by atoms with Crippen LogP contribution in [0.25, 0.3) is 0 Å². The van der Waals surface area contributed by atoms with Gasteiger partial charge >= 0.3 is 0 Å². The first-order chi connectivity index (χ1) is 7.38. The first kappa shape index (κ1) is 13.0. The van der Waals surface area contributed by atoms with E-state index in [0.717, 1.165) is 19.5 Å². The number of hydrogen-bond acceptors (Lipinski definition) is 2. The molecule has 3 nitrogen and oxygen atoms in total. The van der Waals surface area contributed by atoms with Crippen molar-refractivity contribution in [2.45, 2.75) is 40.5 Å². The molecule has 16 heavy (non-hydrogen) atoms. The van der Waals surface area contributed by atoms with E-state index in [0.29, 0.717) is 11.8 Å². The molecule has 0 aromatic heterocycles. The van der Waals surface area contributed by atoms with Gasteiger partial charge < -0.3 is 4.90 Å². The van der Waals surface area contributed by atoms with Crippen LogP contribution in [0.3, 0.4) is 0 Å². The minimum Gasteiger partial charge on any atom is -0.341 e. The summed E-state index contributed by atoms with van der Waals surface area (Å²) in [6, 6.07) is 2.09. The fourth-order valence-electron chi connectivity index (χ4n) is 2.18. The zero-order chi connectivity index (χ0) is 12.3. The van der Waals surface area contributed by atoms with Crippen molar-refractivity contribution in [1.82, 2.24) is 4.90 Å². The molecule has 0 spiro atoms. The van der Waals surface area contributed by atoms with Crippen molar-refractivity contribution < 1.29 is 4.79 Å². The summed E-state index contributed by atoms with van der Waals surface area (Å²) in [5.74, 6) is 1.19. The number of nitrogens with zero attached hydrogens (tertiary/aromatic N) is 2. The van der Waals surface area contributed by atoms with Crippen LogP contribution in [-0.2, 0) is 4.79 Å². The molecule has 0 aromatic rings. The molecular formula is C13H22N2O. The normalized spacial score (nSPS) is 22.0. The smallest absolute Gasteiger partial charge is 0.242 e. The number of amides is 1. The average molecular weight is 222 g/mol. The molecule has 1 aliphatic rings. The lowest BCUT2D eigenvalue weighted by Crippen LogP contribution is -2.46. The summed E-state index contributed by atoms with van der Waals surface area (Å²) in [6.07, 6.45) is 2.27. The van der Waals surface area contributed by atoms with Crippen molar-refractivity contribution >= 4 is 5.91 Å². The number of rotatable bonds is 2. The quantitative estimate of drug-likeness (QED) is 0.720. The summed E-state index contributed by atoms with van der Waals surface area (Å²) >= 11 is 0. The van der Waals surface area contributed by atoms with Gasteiger partial charge in [-0.1, -0.05) is 13.8 Å². The van der Waals surface area contributed by atoms with E-state index in [9.17, 15) is 4.79 Å². The highest BCUT2D eigenvalue weighted by molar-refractivity contribution is 5.84. The minimum absolute atomic E-state index is 0.0136. The highest BCUT2D eigenvalue weighted by atomic mass is 16.2. The predicted octanol–water partition coefficient (Wildman–Crippen LogP) is 2.43. The number of nitriles is 1. The highest BCUT2D eigenvalue weighted by Gasteiger charge is 2.34. The Hall–Kier alpha value is -1.04. The van der Waals surface area contributed by atoms with Gasteiger partial charge in [-0.2, -0.15) is 5.26 Å². The van der Waals surface area contributed by atoms with Crippen LogP contribution in [-0.4, -0.2) is 23.9 Å². The molecule has 1 fully saturated rings. The van der Waals surface area contributed by atoms with Gasteiger partial charge in [-0.15, -0.1) is 0 Å². The van der Waals surface area contributed by atoms with Crippen molar-refractivity contribution in [1.29, 1.82) is 5.26 Å². The molecule has 1 atom stereocenters. The molecule has 1 heterocycles. The summed E-state index contributed by atoms with van der Waals surface area (Å²) in [6.45, 7) is 9.44. The van der Waals surface area contributed by atoms with Crippen LogP contribution in [0.5, 0.6) is 0 Å². The molecule has 0 unspecified atom stereocenters. The van der Waals surface area contributed by atoms with Crippen LogP contribution in [0.4, 0.5) is 0 Å². The maximum atomic E-state index is 12.1. The first-order valence-corrected chi connectivity index (χ1v) is 6.09. The third-order valence-corrected chi connectivity index (χ3v) is 3.50. The van der Waals surface area contributed by atoms with E-state index in [1.54, 1.807) is 13.8 Å². The molecule has 0 N–H and O–H groups in total. The van der Waals surface area contributed by atoms with Crippen LogP contribution in [0.2, 0.25) is 0 Å². The fourth-order valence-corrected chi connectivity index (χ4v) is 2.18. The van der Waals surface area contributed by atoms with E-state index in [4.69, 9.17) is 5.26 Å². The van der Waals surface area contributed by atoms with Crippen LogP contribution in [0.1, 0.15) is 40.5 Å². The topological polar surface area (TPSA) is 44.1 Å². The van der Waals surface area contributed by atoms with Crippen LogP contribution < -0.4 is 0 Å². The van der Waals surface area contributed by atoms with Crippen molar-refractivity contribution in [3.8, 4) is 6.07 Å². The summed E-state index contributed by atoms with van der Waals surface area (Å²) < 4.78 is 0. The number of hydrogen-bond donors (Lipinski definition) is 0. The molecule has 0 aliphatic carbocycles. The second-order valence-electron chi connectivity index (χ2n) is 5.63. The SMILES string of the molecule is CC(C)[C@@H]1CCCN(C(=O)C(C)(C)C#N)C1. The van der Waals surface area contributed by atoms with Gasteiger partial charge in [0.25, 0.3) is 0 Å². The van der Waals surface area contributed by atoms with Crippen LogP contribution >= 0.6 is 0 Å². The second-order valence-corrected chi connectivity index (χ2v) is 5.63. The summed E-state index contributed by atoms with van der Waals surface area (Å²) in [7, 11) is 0. The lowest BCUT2D eigenvalue weighted by atomic mass is 9.86. The molecule has 90 valence electrons. The zero-order valence-corrected chi connectivity index (χ0v) is 10.8. The van der Waals surface area contributed by atoms with Crippen LogP contribution in [0.15, 0.2) is 0 Å². The third-order valence-electron chi connectivity index (χ3n) is 3.50. The Labute approximate surface area is 98.4 Å². The fraction of sp³-hybridized carbons (Fsp3) is 0.846. The molecule has 0 saturated carbocycles. The maximum absolute atomic E-state index is 12.1. The number of carbonyl (C=O) groups excluding carboxylic acids is 1. The van der Waals surface area contributed by atoms with Crippen molar-refractivity contribution in [2.24, 2.45) is 17.3 Å². The molecule has 0 aromatic carbocycles. The van der Waals surface area contributed by atoms with Gasteiger partial charge in [0.15, 0.2) is 0 Å². The van der Waals surface area contributed by atoms with E-state index in [-0.39, 0.29) is 5.91 Å². The van der Waals surface area contributed by atoms with E-state index >= 15 is 0 Å². The van der Waals surface area contributed by atoms with Crippen molar-refractivity contribution in [2.75, 3.05) is 13.1 Å². The third kappa shape index (κ3) is 2.75. The largest absolute Gasteiger partial charge is 0.341 e. The van der Waals surface area contributed by atoms with Crippen LogP contribution in [0, 0.1) is 28.6 Å². The number of piperidine rings is 1. The monoisotopic (exact) mass is 222 g/mol. The lowest BCUT2D eigenvalue weighted by molar-refractivity contribution is -0.139.